The third kappa shape index (κ3) is 10.9. The first-order chi connectivity index (χ1) is 27.2. The molecule has 2 aliphatic rings. The van der Waals surface area contributed by atoms with E-state index in [-0.39, 0.29) is 47.6 Å². The van der Waals surface area contributed by atoms with E-state index in [9.17, 15) is 9.59 Å². The molecule has 332 valence electrons. The molecule has 4 N–H and O–H groups in total. The van der Waals surface area contributed by atoms with Gasteiger partial charge in [0, 0.05) is 44.5 Å². The standard InChI is InChI=1S/C39H69N9O9Si2/c1-23(2)58(24(3)4)55-27(20-46(15)16)29-30(56-59(57-58,25(5)6)26(7)8)31(34(52-29)48-22-44-28-32(40)42-21-43-33(28)48)51-19-17-18-47(37(50)54-39(12,13)14)35(41)45-36(49)53-38(9,10)11/h20-26,29-31,34H,17-19H2,1-16H3,(H2,40,42,43)(H2,41,45,49)/t29-,30-,31-,34-/m1/s1. The molecule has 0 aromatic carbocycles. The number of guanidine groups is 1. The zero-order valence-corrected chi connectivity index (χ0v) is 39.9. The Morgan fingerprint density at radius 3 is 2.08 bits per heavy atom. The van der Waals surface area contributed by atoms with Crippen molar-refractivity contribution in [2.45, 2.75) is 161 Å². The van der Waals surface area contributed by atoms with Crippen molar-refractivity contribution >= 4 is 52.2 Å². The van der Waals surface area contributed by atoms with E-state index in [1.54, 1.807) is 52.4 Å². The van der Waals surface area contributed by atoms with Crippen molar-refractivity contribution in [2.75, 3.05) is 33.0 Å². The number of rotatable bonds is 11. The SMILES string of the molecule is CC(C)[Si]1(C(C)C)OC(=CN(C)C)[C@H]2O[C@@H](n3cnc4c(N)ncnc43)[C@H](OCCCN(C(=N)NC(=O)OC(C)(C)C)C(=O)OC(C)(C)C)[C@@H]2O[Si](C(C)C)(C(C)C)O1. The lowest BCUT2D eigenvalue weighted by Crippen LogP contribution is -2.65. The maximum absolute atomic E-state index is 13.4. The van der Waals surface area contributed by atoms with Crippen LogP contribution in [-0.2, 0) is 31.9 Å². The maximum atomic E-state index is 13.4. The van der Waals surface area contributed by atoms with Gasteiger partial charge in [0.2, 0.25) is 5.96 Å². The van der Waals surface area contributed by atoms with Gasteiger partial charge in [-0.25, -0.2) is 29.4 Å². The zero-order valence-electron chi connectivity index (χ0n) is 37.9. The van der Waals surface area contributed by atoms with Gasteiger partial charge >= 0.3 is 29.3 Å². The van der Waals surface area contributed by atoms with Crippen molar-refractivity contribution in [2.24, 2.45) is 0 Å². The summed E-state index contributed by atoms with van der Waals surface area (Å²) in [5, 5.41) is 11.0. The maximum Gasteiger partial charge on any atom is 0.417 e. The number of carbonyl (C=O) groups excluding carboxylic acids is 2. The number of nitrogens with one attached hydrogen (secondary N) is 2. The number of aromatic nitrogens is 4. The van der Waals surface area contributed by atoms with Gasteiger partial charge in [0.05, 0.1) is 6.33 Å². The Labute approximate surface area is 351 Å². The van der Waals surface area contributed by atoms with Gasteiger partial charge in [-0.15, -0.1) is 0 Å². The molecule has 20 heteroatoms. The molecule has 0 saturated carbocycles. The van der Waals surface area contributed by atoms with Crippen LogP contribution in [0.2, 0.25) is 22.2 Å². The van der Waals surface area contributed by atoms with E-state index in [2.05, 4.69) is 75.7 Å². The van der Waals surface area contributed by atoms with Crippen LogP contribution >= 0.6 is 0 Å². The van der Waals surface area contributed by atoms with Crippen molar-refractivity contribution in [1.82, 2.24) is 34.6 Å². The highest BCUT2D eigenvalue weighted by molar-refractivity contribution is 6.84. The number of hydrogen-bond donors (Lipinski definition) is 3. The van der Waals surface area contributed by atoms with Gasteiger partial charge in [-0.3, -0.25) is 15.3 Å². The summed E-state index contributed by atoms with van der Waals surface area (Å²) in [7, 11) is -2.42. The average Bonchev–Trinajstić information content (AvgIpc) is 3.65. The monoisotopic (exact) mass is 863 g/mol. The van der Waals surface area contributed by atoms with Crippen LogP contribution in [0.1, 0.15) is 110 Å². The first-order valence-electron chi connectivity index (χ1n) is 20.5. The van der Waals surface area contributed by atoms with Gasteiger partial charge in [0.15, 0.2) is 17.7 Å². The van der Waals surface area contributed by atoms with Crippen LogP contribution in [0.25, 0.3) is 11.2 Å². The van der Waals surface area contributed by atoms with E-state index in [1.807, 2.05) is 25.2 Å². The van der Waals surface area contributed by atoms with Crippen molar-refractivity contribution in [3.05, 3.63) is 24.6 Å². The number of amides is 2. The van der Waals surface area contributed by atoms with Crippen LogP contribution in [0.5, 0.6) is 0 Å². The summed E-state index contributed by atoms with van der Waals surface area (Å²) in [5.41, 5.74) is 5.58. The topological polar surface area (TPSA) is 211 Å². The molecule has 0 radical (unpaired) electrons. The van der Waals surface area contributed by atoms with Crippen molar-refractivity contribution < 1.29 is 41.5 Å². The predicted octanol–water partition coefficient (Wildman–Crippen LogP) is 7.14. The Balaban J connectivity index is 1.80. The van der Waals surface area contributed by atoms with Crippen LogP contribution in [0.15, 0.2) is 24.6 Å². The molecule has 2 aromatic heterocycles. The number of fused-ring (bicyclic) bond motifs is 2. The lowest BCUT2D eigenvalue weighted by Gasteiger charge is -2.51. The second-order valence-electron chi connectivity index (χ2n) is 18.7. The Hall–Kier alpha value is -3.83. The number of imidazole rings is 1. The molecule has 2 fully saturated rings. The molecule has 2 aliphatic heterocycles. The number of hydrogen-bond acceptors (Lipinski definition) is 15. The van der Waals surface area contributed by atoms with Crippen molar-refractivity contribution in [1.29, 1.82) is 5.41 Å². The summed E-state index contributed by atoms with van der Waals surface area (Å²) in [6.45, 7) is 27.6. The van der Waals surface area contributed by atoms with Gasteiger partial charge in [-0.1, -0.05) is 55.4 Å². The zero-order chi connectivity index (χ0) is 44.4. The van der Waals surface area contributed by atoms with E-state index < -0.39 is 71.0 Å². The minimum absolute atomic E-state index is 0.0164. The Bertz CT molecular complexity index is 1810. The van der Waals surface area contributed by atoms with E-state index >= 15 is 0 Å². The highest BCUT2D eigenvalue weighted by Crippen LogP contribution is 2.51. The van der Waals surface area contributed by atoms with Gasteiger partial charge in [0.25, 0.3) is 0 Å². The molecular formula is C39H69N9O9Si2. The van der Waals surface area contributed by atoms with Crippen LogP contribution in [0.4, 0.5) is 15.4 Å². The molecular weight excluding hydrogens is 795 g/mol. The summed E-state index contributed by atoms with van der Waals surface area (Å²) < 4.78 is 49.1. The summed E-state index contributed by atoms with van der Waals surface area (Å²) in [4.78, 5) is 42.3. The third-order valence-electron chi connectivity index (χ3n) is 9.99. The van der Waals surface area contributed by atoms with Crippen LogP contribution in [0.3, 0.4) is 0 Å². The summed E-state index contributed by atoms with van der Waals surface area (Å²) in [6.07, 6.45) is 0.316. The number of ether oxygens (including phenoxy) is 4. The minimum Gasteiger partial charge on any atom is -0.520 e. The fourth-order valence-corrected chi connectivity index (χ4v) is 18.4. The number of carbonyl (C=O) groups is 2. The molecule has 4 rings (SSSR count). The molecule has 59 heavy (non-hydrogen) atoms. The van der Waals surface area contributed by atoms with Gasteiger partial charge < -0.3 is 42.5 Å². The lowest BCUT2D eigenvalue weighted by atomic mass is 10.1. The van der Waals surface area contributed by atoms with Crippen molar-refractivity contribution in [3.8, 4) is 0 Å². The molecule has 0 aliphatic carbocycles. The normalized spacial score (nSPS) is 22.6. The quantitative estimate of drug-likeness (QED) is 0.0888. The molecule has 0 unspecified atom stereocenters. The van der Waals surface area contributed by atoms with Gasteiger partial charge in [-0.2, -0.15) is 0 Å². The van der Waals surface area contributed by atoms with Crippen LogP contribution < -0.4 is 11.1 Å². The van der Waals surface area contributed by atoms with E-state index in [0.29, 0.717) is 16.9 Å². The predicted molar refractivity (Wildman–Crippen MR) is 229 cm³/mol. The van der Waals surface area contributed by atoms with Crippen LogP contribution in [0, 0.1) is 5.41 Å². The molecule has 18 nitrogen and oxygen atoms in total. The number of nitrogens with zero attached hydrogens (tertiary/aromatic N) is 6. The number of alkyl carbamates (subject to hydrolysis) is 1. The largest absolute Gasteiger partial charge is 0.520 e. The van der Waals surface area contributed by atoms with E-state index in [4.69, 9.17) is 43.1 Å². The first-order valence-corrected chi connectivity index (χ1v) is 24.4. The average molecular weight is 864 g/mol. The van der Waals surface area contributed by atoms with Gasteiger partial charge in [-0.05, 0) is 59.0 Å². The van der Waals surface area contributed by atoms with E-state index in [1.165, 1.54) is 6.33 Å². The third-order valence-corrected chi connectivity index (χ3v) is 20.2. The molecule has 0 spiro atoms. The highest BCUT2D eigenvalue weighted by atomic mass is 28.5. The molecule has 2 saturated heterocycles. The molecule has 2 aromatic rings. The Morgan fingerprint density at radius 1 is 0.949 bits per heavy atom. The fraction of sp³-hybridized carbons (Fsp3) is 0.744. The minimum atomic E-state index is -3.19. The number of nitrogen functional groups attached to an aromatic ring is 1. The molecule has 0 bridgehead atoms. The number of anilines is 1. The summed E-state index contributed by atoms with van der Waals surface area (Å²) in [5.74, 6) is 0.287. The summed E-state index contributed by atoms with van der Waals surface area (Å²) in [6, 6.07) is 0. The van der Waals surface area contributed by atoms with Crippen LogP contribution in [-0.4, -0.2) is 121 Å². The van der Waals surface area contributed by atoms with Gasteiger partial charge in [0.1, 0.15) is 47.1 Å². The smallest absolute Gasteiger partial charge is 0.417 e. The second-order valence-corrected chi connectivity index (χ2v) is 27.4. The number of nitrogens with two attached hydrogens (primary N) is 1. The fourth-order valence-electron chi connectivity index (χ4n) is 7.39. The Kier molecular flexibility index (Phi) is 14.9. The van der Waals surface area contributed by atoms with E-state index in [0.717, 1.165) is 4.90 Å². The Morgan fingerprint density at radius 2 is 1.54 bits per heavy atom. The molecule has 4 heterocycles. The second kappa shape index (κ2) is 18.4. The first kappa shape index (κ1) is 47.8. The lowest BCUT2D eigenvalue weighted by molar-refractivity contribution is -0.0669. The molecule has 4 atom stereocenters. The summed E-state index contributed by atoms with van der Waals surface area (Å²) >= 11 is 0. The highest BCUT2D eigenvalue weighted by Gasteiger charge is 2.64. The van der Waals surface area contributed by atoms with Crippen molar-refractivity contribution in [3.63, 3.8) is 0 Å². The molecule has 2 amide bonds.